The summed E-state index contributed by atoms with van der Waals surface area (Å²) in [7, 11) is -4.22. The SMILES string of the molecule is NS(=O)(=O)c1cc(C(=O)NCCC2(C(=O)O)CCCN2N=O)c(NCc2ccco2)cc1Cl. The van der Waals surface area contributed by atoms with Gasteiger partial charge in [-0.1, -0.05) is 11.6 Å². The van der Waals surface area contributed by atoms with Gasteiger partial charge in [0.15, 0.2) is 5.54 Å². The Morgan fingerprint density at radius 2 is 2.12 bits per heavy atom. The van der Waals surface area contributed by atoms with Crippen molar-refractivity contribution in [1.29, 1.82) is 0 Å². The van der Waals surface area contributed by atoms with Crippen molar-refractivity contribution in [3.8, 4) is 0 Å². The van der Waals surface area contributed by atoms with E-state index in [0.717, 1.165) is 11.1 Å². The summed E-state index contributed by atoms with van der Waals surface area (Å²) in [4.78, 5) is 35.3. The lowest BCUT2D eigenvalue weighted by molar-refractivity contribution is -0.150. The van der Waals surface area contributed by atoms with E-state index in [2.05, 4.69) is 15.9 Å². The van der Waals surface area contributed by atoms with E-state index in [1.54, 1.807) is 12.1 Å². The number of carbonyl (C=O) groups is 2. The minimum absolute atomic E-state index is 0.0730. The third kappa shape index (κ3) is 5.26. The van der Waals surface area contributed by atoms with Crippen LogP contribution in [0.3, 0.4) is 0 Å². The van der Waals surface area contributed by atoms with E-state index in [0.29, 0.717) is 12.2 Å². The highest BCUT2D eigenvalue weighted by Crippen LogP contribution is 2.33. The van der Waals surface area contributed by atoms with Crippen molar-refractivity contribution in [3.05, 3.63) is 51.8 Å². The fraction of sp³-hybridized carbons (Fsp3) is 0.368. The van der Waals surface area contributed by atoms with Crippen molar-refractivity contribution in [2.45, 2.75) is 36.2 Å². The lowest BCUT2D eigenvalue weighted by Crippen LogP contribution is -2.49. The van der Waals surface area contributed by atoms with Crippen LogP contribution in [0.15, 0.2) is 45.1 Å². The van der Waals surface area contributed by atoms with Gasteiger partial charge in [0.2, 0.25) is 10.0 Å². The molecule has 0 radical (unpaired) electrons. The summed E-state index contributed by atoms with van der Waals surface area (Å²) in [6.45, 7) is 0.280. The second-order valence-corrected chi connectivity index (χ2v) is 9.39. The van der Waals surface area contributed by atoms with Gasteiger partial charge < -0.3 is 20.2 Å². The largest absolute Gasteiger partial charge is 0.479 e. The average Bonchev–Trinajstić information content (AvgIpc) is 3.41. The van der Waals surface area contributed by atoms with E-state index in [1.807, 2.05) is 0 Å². The number of carboxylic acids is 1. The minimum Gasteiger partial charge on any atom is -0.479 e. The molecule has 5 N–H and O–H groups in total. The summed E-state index contributed by atoms with van der Waals surface area (Å²) in [5.74, 6) is -1.35. The maximum absolute atomic E-state index is 12.9. The number of nitrogens with two attached hydrogens (primary N) is 1. The van der Waals surface area contributed by atoms with Gasteiger partial charge in [-0.25, -0.2) is 23.4 Å². The average molecular weight is 500 g/mol. The lowest BCUT2D eigenvalue weighted by atomic mass is 9.93. The first-order chi connectivity index (χ1) is 15.6. The Hall–Kier alpha value is -3.16. The molecule has 1 amide bonds. The number of benzene rings is 1. The molecule has 2 heterocycles. The van der Waals surface area contributed by atoms with Gasteiger partial charge in [0, 0.05) is 25.2 Å². The summed E-state index contributed by atoms with van der Waals surface area (Å²) in [5.41, 5.74) is -1.37. The predicted molar refractivity (Wildman–Crippen MR) is 118 cm³/mol. The number of anilines is 1. The Bertz CT molecular complexity index is 1160. The van der Waals surface area contributed by atoms with Crippen LogP contribution in [-0.4, -0.2) is 49.0 Å². The number of primary sulfonamides is 1. The number of hydrogen-bond donors (Lipinski definition) is 4. The standard InChI is InChI=1S/C19H22ClN5O7S/c20-14-10-15(23-11-12-3-1-8-32-12)13(9-16(14)33(21,30)31)17(26)22-6-5-19(18(27)28)4-2-7-25(19)24-29/h1,3,8-10,23H,2,4-7,11H2,(H,22,26)(H,27,28)(H2,21,30,31). The van der Waals surface area contributed by atoms with Gasteiger partial charge in [0.05, 0.1) is 28.7 Å². The van der Waals surface area contributed by atoms with E-state index in [9.17, 15) is 28.0 Å². The Morgan fingerprint density at radius 1 is 1.36 bits per heavy atom. The number of aliphatic carboxylic acids is 1. The van der Waals surface area contributed by atoms with E-state index in [-0.39, 0.29) is 48.7 Å². The van der Waals surface area contributed by atoms with Crippen LogP contribution >= 0.6 is 11.6 Å². The zero-order valence-corrected chi connectivity index (χ0v) is 18.9. The van der Waals surface area contributed by atoms with Crippen LogP contribution in [0, 0.1) is 4.91 Å². The monoisotopic (exact) mass is 499 g/mol. The maximum atomic E-state index is 12.9. The molecule has 1 aromatic carbocycles. The molecule has 0 bridgehead atoms. The molecule has 178 valence electrons. The second kappa shape index (κ2) is 9.77. The third-order valence-corrected chi connectivity index (χ3v) is 6.81. The predicted octanol–water partition coefficient (Wildman–Crippen LogP) is 1.91. The highest BCUT2D eigenvalue weighted by molar-refractivity contribution is 7.89. The molecule has 0 spiro atoms. The molecule has 1 aliphatic rings. The zero-order chi connectivity index (χ0) is 24.2. The molecule has 1 fully saturated rings. The van der Waals surface area contributed by atoms with Gasteiger partial charge in [-0.2, -0.15) is 0 Å². The third-order valence-electron chi connectivity index (χ3n) is 5.43. The first-order valence-electron chi connectivity index (χ1n) is 9.83. The molecule has 33 heavy (non-hydrogen) atoms. The van der Waals surface area contributed by atoms with Crippen molar-refractivity contribution in [3.63, 3.8) is 0 Å². The minimum atomic E-state index is -4.22. The topological polar surface area (TPSA) is 184 Å². The van der Waals surface area contributed by atoms with Gasteiger partial charge in [-0.3, -0.25) is 4.79 Å². The first-order valence-corrected chi connectivity index (χ1v) is 11.8. The van der Waals surface area contributed by atoms with Crippen molar-refractivity contribution < 1.29 is 27.5 Å². The molecule has 0 saturated carbocycles. The summed E-state index contributed by atoms with van der Waals surface area (Å²) in [5, 5.41) is 24.0. The molecule has 1 atom stereocenters. The number of carbonyl (C=O) groups excluding carboxylic acids is 1. The van der Waals surface area contributed by atoms with Gasteiger partial charge in [0.1, 0.15) is 10.7 Å². The van der Waals surface area contributed by atoms with Crippen molar-refractivity contribution in [2.75, 3.05) is 18.4 Å². The number of halogens is 1. The normalized spacial score (nSPS) is 18.2. The van der Waals surface area contributed by atoms with Gasteiger partial charge in [-0.15, -0.1) is 4.91 Å². The number of hydrogen-bond acceptors (Lipinski definition) is 8. The van der Waals surface area contributed by atoms with Crippen molar-refractivity contribution in [2.24, 2.45) is 10.4 Å². The quantitative estimate of drug-likeness (QED) is 0.354. The van der Waals surface area contributed by atoms with Crippen LogP contribution in [0.2, 0.25) is 5.02 Å². The molecular formula is C19H22ClN5O7S. The molecule has 0 aliphatic carbocycles. The summed E-state index contributed by atoms with van der Waals surface area (Å²) >= 11 is 6.06. The highest BCUT2D eigenvalue weighted by atomic mass is 35.5. The molecule has 1 saturated heterocycles. The van der Waals surface area contributed by atoms with Crippen LogP contribution in [0.25, 0.3) is 0 Å². The summed E-state index contributed by atoms with van der Waals surface area (Å²) in [6.07, 6.45) is 2.07. The first kappa shape index (κ1) is 24.5. The Balaban J connectivity index is 1.82. The van der Waals surface area contributed by atoms with Crippen LogP contribution in [0.1, 0.15) is 35.4 Å². The van der Waals surface area contributed by atoms with E-state index >= 15 is 0 Å². The van der Waals surface area contributed by atoms with Crippen LogP contribution in [0.5, 0.6) is 0 Å². The second-order valence-electron chi connectivity index (χ2n) is 7.46. The van der Waals surface area contributed by atoms with Gasteiger partial charge in [-0.05, 0) is 37.1 Å². The van der Waals surface area contributed by atoms with E-state index in [4.69, 9.17) is 21.2 Å². The highest BCUT2D eigenvalue weighted by Gasteiger charge is 2.48. The smallest absolute Gasteiger partial charge is 0.331 e. The molecule has 14 heteroatoms. The van der Waals surface area contributed by atoms with Crippen LogP contribution < -0.4 is 15.8 Å². The summed E-state index contributed by atoms with van der Waals surface area (Å²) < 4.78 is 29.0. The zero-order valence-electron chi connectivity index (χ0n) is 17.3. The van der Waals surface area contributed by atoms with Crippen LogP contribution in [-0.2, 0) is 21.4 Å². The number of amides is 1. The lowest BCUT2D eigenvalue weighted by Gasteiger charge is -2.30. The summed E-state index contributed by atoms with van der Waals surface area (Å²) in [6, 6.07) is 5.68. The number of rotatable bonds is 10. The number of nitrogens with zero attached hydrogens (tertiary/aromatic N) is 2. The Labute approximate surface area is 194 Å². The Morgan fingerprint density at radius 3 is 2.73 bits per heavy atom. The molecule has 2 aromatic rings. The molecule has 12 nitrogen and oxygen atoms in total. The number of sulfonamides is 1. The molecule has 1 unspecified atom stereocenters. The number of carboxylic acid groups (broad SMARTS) is 1. The molecule has 3 rings (SSSR count). The van der Waals surface area contributed by atoms with Gasteiger partial charge >= 0.3 is 5.97 Å². The van der Waals surface area contributed by atoms with Crippen molar-refractivity contribution in [1.82, 2.24) is 10.3 Å². The number of nitroso groups, excluding NO2 is 1. The van der Waals surface area contributed by atoms with Crippen molar-refractivity contribution >= 4 is 39.2 Å². The van der Waals surface area contributed by atoms with Gasteiger partial charge in [0.25, 0.3) is 5.91 Å². The Kier molecular flexibility index (Phi) is 7.25. The van der Waals surface area contributed by atoms with E-state index in [1.165, 1.54) is 12.3 Å². The fourth-order valence-electron chi connectivity index (χ4n) is 3.74. The van der Waals surface area contributed by atoms with E-state index < -0.39 is 32.3 Å². The van der Waals surface area contributed by atoms with Crippen LogP contribution in [0.4, 0.5) is 5.69 Å². The fourth-order valence-corrected chi connectivity index (χ4v) is 4.84. The number of furan rings is 1. The molecule has 1 aromatic heterocycles. The molecule has 1 aliphatic heterocycles. The molecular weight excluding hydrogens is 478 g/mol. The maximum Gasteiger partial charge on any atom is 0.331 e. The number of nitrogens with one attached hydrogen (secondary N) is 2.